The van der Waals surface area contributed by atoms with E-state index in [1.807, 2.05) is 11.1 Å². The fourth-order valence-corrected chi connectivity index (χ4v) is 3.41. The Labute approximate surface area is 76.0 Å². The van der Waals surface area contributed by atoms with Crippen LogP contribution < -0.4 is 24.6 Å². The number of carbonyl (C=O) groups excluding carboxylic acids is 1. The molecule has 1 heterocycles. The maximum Gasteiger partial charge on any atom is 1.00 e. The van der Waals surface area contributed by atoms with Crippen LogP contribution >= 0.6 is 0 Å². The molecule has 1 rings (SSSR count). The number of amides is 1. The molecule has 0 spiro atoms. The minimum absolute atomic E-state index is 0. The van der Waals surface area contributed by atoms with Gasteiger partial charge in [0.15, 0.2) is 8.40 Å². The van der Waals surface area contributed by atoms with E-state index in [0.717, 1.165) is 0 Å². The Bertz CT molecular complexity index is 223. The summed E-state index contributed by atoms with van der Waals surface area (Å²) in [5, 5.41) is 2.01. The first kappa shape index (κ1) is 9.91. The van der Waals surface area contributed by atoms with Crippen LogP contribution in [-0.2, 0) is 0 Å². The van der Waals surface area contributed by atoms with E-state index in [4.69, 9.17) is 5.73 Å². The fraction of sp³-hybridized carbons (Fsp3) is 0. The summed E-state index contributed by atoms with van der Waals surface area (Å²) in [6, 6.07) is 0. The predicted molar refractivity (Wildman–Crippen MR) is 39.0 cm³/mol. The largest absolute Gasteiger partial charge is 1.00 e. The Balaban J connectivity index is 0. The standard InChI is InChI=1S/C4H6N2OSi2.Li.H/c5-4(7)9-2-6-1-8-3-9;;/h1-3,8H,(H2,5,7);;/q;+1;-1. The van der Waals surface area contributed by atoms with Crippen LogP contribution in [0.1, 0.15) is 1.43 Å². The van der Waals surface area contributed by atoms with E-state index in [2.05, 4.69) is 4.98 Å². The quantitative estimate of drug-likeness (QED) is 0.431. The van der Waals surface area contributed by atoms with Crippen LogP contribution in [0.5, 0.6) is 0 Å². The zero-order valence-corrected chi connectivity index (χ0v) is 7.90. The molecule has 48 valence electrons. The van der Waals surface area contributed by atoms with Gasteiger partial charge in [-0.3, -0.25) is 9.78 Å². The van der Waals surface area contributed by atoms with Crippen molar-refractivity contribution in [2.75, 3.05) is 0 Å². The topological polar surface area (TPSA) is 56.0 Å². The maximum atomic E-state index is 10.5. The molecule has 10 heavy (non-hydrogen) atoms. The zero-order valence-electron chi connectivity index (χ0n) is 6.74. The van der Waals surface area contributed by atoms with E-state index in [0.29, 0.717) is 0 Å². The molecule has 0 radical (unpaired) electrons. The van der Waals surface area contributed by atoms with Crippen molar-refractivity contribution in [2.45, 2.75) is 0 Å². The van der Waals surface area contributed by atoms with Crippen molar-refractivity contribution in [1.82, 2.24) is 4.98 Å². The average molecular weight is 162 g/mol. The Morgan fingerprint density at radius 1 is 1.80 bits per heavy atom. The van der Waals surface area contributed by atoms with Crippen LogP contribution in [-0.4, -0.2) is 28.0 Å². The van der Waals surface area contributed by atoms with Gasteiger partial charge in [0.2, 0.25) is 5.53 Å². The first-order chi connectivity index (χ1) is 4.30. The number of nitrogens with zero attached hydrogens (tertiary/aromatic N) is 1. The Kier molecular flexibility index (Phi) is 4.64. The number of primary amides is 1. The molecule has 2 N–H and O–H groups in total. The summed E-state index contributed by atoms with van der Waals surface area (Å²) in [5.41, 5.74) is 4.85. The summed E-state index contributed by atoms with van der Waals surface area (Å²) in [7, 11) is -0.994. The van der Waals surface area contributed by atoms with E-state index in [1.165, 1.54) is 0 Å². The summed E-state index contributed by atoms with van der Waals surface area (Å²) in [6.07, 6.45) is 0. The van der Waals surface area contributed by atoms with Crippen LogP contribution in [0.4, 0.5) is 4.79 Å². The molecular formula is C4H7LiN2OSi2. The van der Waals surface area contributed by atoms with E-state index < -0.39 is 8.40 Å². The third-order valence-electron chi connectivity index (χ3n) is 0.946. The second-order valence-corrected chi connectivity index (χ2v) is 5.28. The van der Waals surface area contributed by atoms with Gasteiger partial charge in [-0.1, -0.05) is 5.29 Å². The Hall–Kier alpha value is -0.0888. The smallest absolute Gasteiger partial charge is 1.00 e. The molecule has 0 atom stereocenters. The van der Waals surface area contributed by atoms with Crippen LogP contribution in [0.15, 0.2) is 16.9 Å². The molecule has 0 saturated heterocycles. The van der Waals surface area contributed by atoms with Gasteiger partial charge in [0.25, 0.3) is 0 Å². The first-order valence-electron chi connectivity index (χ1n) is 2.50. The van der Waals surface area contributed by atoms with Crippen molar-refractivity contribution >= 4 is 23.0 Å². The van der Waals surface area contributed by atoms with Crippen molar-refractivity contribution in [1.29, 1.82) is 0 Å². The molecule has 6 heteroatoms. The Morgan fingerprint density at radius 2 is 2.50 bits per heavy atom. The third kappa shape index (κ3) is 2.66. The van der Waals surface area contributed by atoms with Gasteiger partial charge < -0.3 is 7.16 Å². The minimum Gasteiger partial charge on any atom is -1.00 e. The van der Waals surface area contributed by atoms with Gasteiger partial charge in [-0.2, -0.15) is 0 Å². The number of carbonyl (C=O) groups is 1. The second kappa shape index (κ2) is 4.68. The molecular weight excluding hydrogens is 155 g/mol. The molecule has 0 unspecified atom stereocenters. The fourth-order valence-electron chi connectivity index (χ4n) is 0.509. The molecule has 1 aromatic rings. The monoisotopic (exact) mass is 162 g/mol. The van der Waals surface area contributed by atoms with Gasteiger partial charge >= 0.3 is 18.9 Å². The van der Waals surface area contributed by atoms with Gasteiger partial charge in [-0.15, -0.1) is 0 Å². The van der Waals surface area contributed by atoms with Crippen LogP contribution in [0, 0.1) is 0 Å². The van der Waals surface area contributed by atoms with Crippen LogP contribution in [0.3, 0.4) is 0 Å². The molecule has 0 fully saturated rings. The van der Waals surface area contributed by atoms with Crippen LogP contribution in [0.25, 0.3) is 0 Å². The van der Waals surface area contributed by atoms with Gasteiger partial charge in [-0.25, -0.2) is 0 Å². The number of aromatic nitrogens is 1. The summed E-state index contributed by atoms with van der Waals surface area (Å²) < 4.78 is 0. The average Bonchev–Trinajstić information content (AvgIpc) is 1.90. The van der Waals surface area contributed by atoms with E-state index in [-0.39, 0.29) is 34.9 Å². The summed E-state index contributed by atoms with van der Waals surface area (Å²) >= 11 is 0. The molecule has 1 aromatic heterocycles. The Morgan fingerprint density at radius 3 is 2.80 bits per heavy atom. The number of hydrogen-bond donors (Lipinski definition) is 1. The molecule has 0 aliphatic heterocycles. The summed E-state index contributed by atoms with van der Waals surface area (Å²) in [6.45, 7) is 0. The minimum atomic E-state index is -1.14. The van der Waals surface area contributed by atoms with Gasteiger partial charge in [0, 0.05) is 20.7 Å². The van der Waals surface area contributed by atoms with Crippen molar-refractivity contribution in [3.05, 3.63) is 16.9 Å². The zero-order chi connectivity index (χ0) is 6.69. The molecule has 0 aliphatic carbocycles. The number of hydrogen-bond acceptors (Lipinski definition) is 2. The number of nitrogens with two attached hydrogens (primary N) is 1. The second-order valence-electron chi connectivity index (χ2n) is 1.61. The van der Waals surface area contributed by atoms with Gasteiger partial charge in [0.1, 0.15) is 0 Å². The van der Waals surface area contributed by atoms with Crippen molar-refractivity contribution < 1.29 is 25.1 Å². The van der Waals surface area contributed by atoms with E-state index >= 15 is 0 Å². The molecule has 0 aliphatic rings. The maximum absolute atomic E-state index is 10.5. The normalized spacial score (nSPS) is 8.00. The van der Waals surface area contributed by atoms with E-state index in [1.54, 1.807) is 5.81 Å². The molecule has 0 saturated carbocycles. The van der Waals surface area contributed by atoms with Crippen molar-refractivity contribution in [3.8, 4) is 0 Å². The van der Waals surface area contributed by atoms with Crippen LogP contribution in [0.2, 0.25) is 0 Å². The predicted octanol–water partition coefficient (Wildman–Crippen LogP) is -3.78. The van der Waals surface area contributed by atoms with Crippen molar-refractivity contribution in [2.24, 2.45) is 5.73 Å². The molecule has 3 nitrogen and oxygen atoms in total. The third-order valence-corrected chi connectivity index (χ3v) is 4.49. The van der Waals surface area contributed by atoms with E-state index in [9.17, 15) is 4.79 Å². The first-order valence-corrected chi connectivity index (χ1v) is 5.49. The van der Waals surface area contributed by atoms with Gasteiger partial charge in [0.05, 0.1) is 0 Å². The summed E-state index contributed by atoms with van der Waals surface area (Å²) in [4.78, 5) is 14.4. The molecule has 1 amide bonds. The molecule has 0 aromatic carbocycles. The van der Waals surface area contributed by atoms with Crippen molar-refractivity contribution in [3.63, 3.8) is 0 Å². The SMILES string of the molecule is NC(=O)[si]1cnc[siH]c1.[H-].[Li+]. The molecule has 0 bridgehead atoms. The van der Waals surface area contributed by atoms with Gasteiger partial charge in [-0.05, 0) is 0 Å². The number of rotatable bonds is 1. The summed E-state index contributed by atoms with van der Waals surface area (Å²) in [5.74, 6) is 3.51.